The zero-order valence-electron chi connectivity index (χ0n) is 22.4. The lowest BCUT2D eigenvalue weighted by Gasteiger charge is -2.19. The van der Waals surface area contributed by atoms with Gasteiger partial charge in [0.1, 0.15) is 12.5 Å². The quantitative estimate of drug-likeness (QED) is 0.219. The molecule has 42 heavy (non-hydrogen) atoms. The minimum atomic E-state index is -0.266. The van der Waals surface area contributed by atoms with Crippen molar-refractivity contribution < 1.29 is 9.15 Å². The van der Waals surface area contributed by atoms with E-state index in [1.807, 2.05) is 30.9 Å². The van der Waals surface area contributed by atoms with Crippen LogP contribution in [0.3, 0.4) is 0 Å². The Morgan fingerprint density at radius 3 is 2.07 bits per heavy atom. The lowest BCUT2D eigenvalue weighted by atomic mass is 9.85. The first-order chi connectivity index (χ1) is 20.8. The van der Waals surface area contributed by atoms with E-state index in [9.17, 15) is 0 Å². The van der Waals surface area contributed by atoms with E-state index >= 15 is 0 Å². The molecule has 3 aromatic heterocycles. The second kappa shape index (κ2) is 10.0. The molecule has 0 saturated heterocycles. The number of aromatic nitrogens is 3. The maximum Gasteiger partial charge on any atom is 0.227 e. The second-order valence-corrected chi connectivity index (χ2v) is 10.2. The topological polar surface area (TPSA) is 73.1 Å². The van der Waals surface area contributed by atoms with Crippen LogP contribution in [0.25, 0.3) is 66.4 Å². The number of oxazole rings is 1. The van der Waals surface area contributed by atoms with Crippen LogP contribution in [0.5, 0.6) is 0 Å². The molecule has 7 aromatic rings. The molecule has 0 saturated carbocycles. The number of benzene rings is 4. The summed E-state index contributed by atoms with van der Waals surface area (Å²) in [6.07, 6.45) is 13.9. The van der Waals surface area contributed by atoms with Crippen molar-refractivity contribution in [3.63, 3.8) is 0 Å². The van der Waals surface area contributed by atoms with Gasteiger partial charge in [-0.05, 0) is 62.0 Å². The molecular weight excluding hydrogens is 520 g/mol. The van der Waals surface area contributed by atoms with E-state index < -0.39 is 0 Å². The standard InChI is InChI=1S/C36H24N4O2/c1-2-6-23(7-3-1)24-10-11-31-32(18-24)34(26-17-28(22-38-20-26)36-40-13-15-42-36)30-9-5-4-8-29(30)33(31)25-16-27(21-37-19-25)35-39-12-14-41-35/h1-22,36,40H. The summed E-state index contributed by atoms with van der Waals surface area (Å²) in [5, 5.41) is 7.75. The number of hydrogen-bond acceptors (Lipinski definition) is 6. The van der Waals surface area contributed by atoms with Crippen LogP contribution in [0.2, 0.25) is 0 Å². The lowest BCUT2D eigenvalue weighted by Crippen LogP contribution is -2.11. The largest absolute Gasteiger partial charge is 0.473 e. The van der Waals surface area contributed by atoms with Gasteiger partial charge in [-0.2, -0.15) is 0 Å². The van der Waals surface area contributed by atoms with Gasteiger partial charge in [0.25, 0.3) is 0 Å². The summed E-state index contributed by atoms with van der Waals surface area (Å²) in [6, 6.07) is 30.0. The van der Waals surface area contributed by atoms with Crippen LogP contribution in [-0.4, -0.2) is 15.0 Å². The second-order valence-electron chi connectivity index (χ2n) is 10.2. The minimum absolute atomic E-state index is 0.266. The molecule has 1 unspecified atom stereocenters. The maximum atomic E-state index is 5.75. The molecule has 0 bridgehead atoms. The average molecular weight is 545 g/mol. The van der Waals surface area contributed by atoms with Crippen LogP contribution < -0.4 is 5.32 Å². The van der Waals surface area contributed by atoms with Crippen LogP contribution in [0, 0.1) is 0 Å². The highest BCUT2D eigenvalue weighted by Crippen LogP contribution is 2.45. The number of ether oxygens (including phenoxy) is 1. The number of hydrogen-bond donors (Lipinski definition) is 1. The average Bonchev–Trinajstić information content (AvgIpc) is 3.80. The molecule has 1 N–H and O–H groups in total. The van der Waals surface area contributed by atoms with Crippen LogP contribution in [0.1, 0.15) is 11.8 Å². The van der Waals surface area contributed by atoms with Gasteiger partial charge in [0, 0.05) is 47.7 Å². The summed E-state index contributed by atoms with van der Waals surface area (Å²) in [6.45, 7) is 0. The zero-order valence-corrected chi connectivity index (χ0v) is 22.4. The van der Waals surface area contributed by atoms with Crippen molar-refractivity contribution in [1.82, 2.24) is 20.3 Å². The third-order valence-electron chi connectivity index (χ3n) is 7.72. The molecule has 4 aromatic carbocycles. The van der Waals surface area contributed by atoms with Crippen molar-refractivity contribution in [2.45, 2.75) is 6.23 Å². The van der Waals surface area contributed by atoms with E-state index in [4.69, 9.17) is 9.15 Å². The Labute approximate surface area is 242 Å². The molecule has 4 heterocycles. The van der Waals surface area contributed by atoms with Gasteiger partial charge in [0.05, 0.1) is 11.8 Å². The summed E-state index contributed by atoms with van der Waals surface area (Å²) in [4.78, 5) is 13.6. The summed E-state index contributed by atoms with van der Waals surface area (Å²) in [7, 11) is 0. The smallest absolute Gasteiger partial charge is 0.227 e. The molecule has 1 atom stereocenters. The highest BCUT2D eigenvalue weighted by Gasteiger charge is 2.20. The molecule has 6 heteroatoms. The third-order valence-corrected chi connectivity index (χ3v) is 7.72. The van der Waals surface area contributed by atoms with Crippen LogP contribution in [0.15, 0.2) is 139 Å². The predicted octanol–water partition coefficient (Wildman–Crippen LogP) is 8.53. The summed E-state index contributed by atoms with van der Waals surface area (Å²) in [5.41, 5.74) is 8.34. The first-order valence-corrected chi connectivity index (χ1v) is 13.7. The number of nitrogens with one attached hydrogen (secondary N) is 1. The number of pyridine rings is 2. The summed E-state index contributed by atoms with van der Waals surface area (Å²) in [5.74, 6) is 0.543. The predicted molar refractivity (Wildman–Crippen MR) is 165 cm³/mol. The SMILES string of the molecule is C1=COC(c2cncc(-c3c4ccccc4c(-c4cncc(-c5ncco5)c4)c4ccc(-c5ccccc5)cc34)c2)N1. The van der Waals surface area contributed by atoms with Gasteiger partial charge < -0.3 is 14.5 Å². The normalized spacial score (nSPS) is 14.2. The van der Waals surface area contributed by atoms with E-state index in [0.29, 0.717) is 5.89 Å². The molecule has 0 fully saturated rings. The number of nitrogens with zero attached hydrogens (tertiary/aromatic N) is 3. The van der Waals surface area contributed by atoms with Crippen LogP contribution in [-0.2, 0) is 4.74 Å². The van der Waals surface area contributed by atoms with Crippen LogP contribution in [0.4, 0.5) is 0 Å². The van der Waals surface area contributed by atoms with E-state index in [1.54, 1.807) is 24.9 Å². The Morgan fingerprint density at radius 2 is 1.31 bits per heavy atom. The summed E-state index contributed by atoms with van der Waals surface area (Å²) >= 11 is 0. The molecule has 200 valence electrons. The molecule has 0 amide bonds. The Bertz CT molecular complexity index is 2100. The van der Waals surface area contributed by atoms with Gasteiger partial charge in [-0.1, -0.05) is 66.7 Å². The van der Waals surface area contributed by atoms with Crippen molar-refractivity contribution >= 4 is 21.5 Å². The Morgan fingerprint density at radius 1 is 0.595 bits per heavy atom. The first kappa shape index (κ1) is 24.1. The van der Waals surface area contributed by atoms with Gasteiger partial charge in [-0.3, -0.25) is 9.97 Å². The third kappa shape index (κ3) is 4.09. The highest BCUT2D eigenvalue weighted by atomic mass is 16.5. The number of fused-ring (bicyclic) bond motifs is 2. The van der Waals surface area contributed by atoms with E-state index in [-0.39, 0.29) is 6.23 Å². The highest BCUT2D eigenvalue weighted by molar-refractivity contribution is 6.22. The Kier molecular flexibility index (Phi) is 5.74. The van der Waals surface area contributed by atoms with Crippen molar-refractivity contribution in [2.24, 2.45) is 0 Å². The molecule has 1 aliphatic rings. The van der Waals surface area contributed by atoms with Gasteiger partial charge in [-0.25, -0.2) is 4.98 Å². The first-order valence-electron chi connectivity index (χ1n) is 13.7. The van der Waals surface area contributed by atoms with Gasteiger partial charge in [-0.15, -0.1) is 0 Å². The molecular formula is C36H24N4O2. The Hall–Kier alpha value is -5.75. The zero-order chi connectivity index (χ0) is 27.9. The van der Waals surface area contributed by atoms with Crippen molar-refractivity contribution in [1.29, 1.82) is 0 Å². The fraction of sp³-hybridized carbons (Fsp3) is 0.0278. The van der Waals surface area contributed by atoms with Crippen LogP contribution >= 0.6 is 0 Å². The van der Waals surface area contributed by atoms with E-state index in [0.717, 1.165) is 66.1 Å². The van der Waals surface area contributed by atoms with E-state index in [2.05, 4.69) is 99.1 Å². The van der Waals surface area contributed by atoms with Gasteiger partial charge in [0.15, 0.2) is 6.23 Å². The van der Waals surface area contributed by atoms with E-state index in [1.165, 1.54) is 0 Å². The Balaban J connectivity index is 1.44. The fourth-order valence-corrected chi connectivity index (χ4v) is 5.87. The maximum absolute atomic E-state index is 5.75. The fourth-order valence-electron chi connectivity index (χ4n) is 5.87. The molecule has 0 spiro atoms. The molecule has 8 rings (SSSR count). The molecule has 0 radical (unpaired) electrons. The van der Waals surface area contributed by atoms with Gasteiger partial charge >= 0.3 is 0 Å². The molecule has 0 aliphatic carbocycles. The van der Waals surface area contributed by atoms with Crippen molar-refractivity contribution in [3.8, 4) is 44.8 Å². The summed E-state index contributed by atoms with van der Waals surface area (Å²) < 4.78 is 11.4. The van der Waals surface area contributed by atoms with Crippen molar-refractivity contribution in [2.75, 3.05) is 0 Å². The van der Waals surface area contributed by atoms with Gasteiger partial charge in [0.2, 0.25) is 5.89 Å². The number of rotatable bonds is 5. The molecule has 6 nitrogen and oxygen atoms in total. The minimum Gasteiger partial charge on any atom is -0.473 e. The van der Waals surface area contributed by atoms with Crippen molar-refractivity contribution in [3.05, 3.63) is 140 Å². The monoisotopic (exact) mass is 544 g/mol. The molecule has 1 aliphatic heterocycles. The lowest BCUT2D eigenvalue weighted by molar-refractivity contribution is 0.154.